The Morgan fingerprint density at radius 2 is 2.11 bits per heavy atom. The Bertz CT molecular complexity index is 463. The second-order valence-electron chi connectivity index (χ2n) is 3.85. The molecule has 0 saturated carbocycles. The quantitative estimate of drug-likeness (QED) is 0.772. The number of halogens is 1. The van der Waals surface area contributed by atoms with Gasteiger partial charge in [0.2, 0.25) is 5.91 Å². The highest BCUT2D eigenvalue weighted by molar-refractivity contribution is 5.96. The second kappa shape index (κ2) is 6.00. The SMILES string of the molecule is CCNC(=O)CN(C)C(=O)c1ccc(N)cc1F. The van der Waals surface area contributed by atoms with Gasteiger partial charge in [-0.1, -0.05) is 0 Å². The lowest BCUT2D eigenvalue weighted by molar-refractivity contribution is -0.121. The number of nitrogen functional groups attached to an aromatic ring is 1. The van der Waals surface area contributed by atoms with Crippen molar-refractivity contribution in [3.8, 4) is 0 Å². The summed E-state index contributed by atoms with van der Waals surface area (Å²) >= 11 is 0. The number of carbonyl (C=O) groups excluding carboxylic acids is 2. The lowest BCUT2D eigenvalue weighted by Crippen LogP contribution is -2.38. The molecule has 3 N–H and O–H groups in total. The van der Waals surface area contributed by atoms with E-state index in [0.717, 1.165) is 11.0 Å². The summed E-state index contributed by atoms with van der Waals surface area (Å²) in [6, 6.07) is 3.82. The molecule has 0 aliphatic carbocycles. The number of nitrogens with zero attached hydrogens (tertiary/aromatic N) is 1. The molecule has 2 amide bonds. The average Bonchev–Trinajstić information content (AvgIpc) is 2.28. The lowest BCUT2D eigenvalue weighted by atomic mass is 10.1. The maximum Gasteiger partial charge on any atom is 0.257 e. The number of nitrogens with two attached hydrogens (primary N) is 1. The van der Waals surface area contributed by atoms with Crippen LogP contribution in [0.3, 0.4) is 0 Å². The molecule has 0 atom stereocenters. The van der Waals surface area contributed by atoms with E-state index in [0.29, 0.717) is 6.54 Å². The number of carbonyl (C=O) groups is 2. The van der Waals surface area contributed by atoms with Crippen molar-refractivity contribution in [3.05, 3.63) is 29.6 Å². The first kappa shape index (κ1) is 14.0. The van der Waals surface area contributed by atoms with Crippen molar-refractivity contribution in [2.45, 2.75) is 6.92 Å². The fourth-order valence-corrected chi connectivity index (χ4v) is 1.45. The van der Waals surface area contributed by atoms with Gasteiger partial charge in [-0.05, 0) is 25.1 Å². The Balaban J connectivity index is 2.77. The van der Waals surface area contributed by atoms with Gasteiger partial charge in [0.25, 0.3) is 5.91 Å². The van der Waals surface area contributed by atoms with Crippen LogP contribution in [0.25, 0.3) is 0 Å². The third-order valence-corrected chi connectivity index (χ3v) is 2.32. The van der Waals surface area contributed by atoms with Gasteiger partial charge in [0.1, 0.15) is 5.82 Å². The second-order valence-corrected chi connectivity index (χ2v) is 3.85. The zero-order valence-electron chi connectivity index (χ0n) is 10.4. The zero-order valence-corrected chi connectivity index (χ0v) is 10.4. The lowest BCUT2D eigenvalue weighted by Gasteiger charge is -2.17. The fraction of sp³-hybridized carbons (Fsp3) is 0.333. The van der Waals surface area contributed by atoms with Crippen molar-refractivity contribution in [1.82, 2.24) is 10.2 Å². The number of anilines is 1. The molecule has 1 aromatic carbocycles. The molecule has 0 fully saturated rings. The van der Waals surface area contributed by atoms with Crippen LogP contribution in [0.5, 0.6) is 0 Å². The first-order valence-corrected chi connectivity index (χ1v) is 5.53. The van der Waals surface area contributed by atoms with E-state index >= 15 is 0 Å². The number of nitrogens with one attached hydrogen (secondary N) is 1. The molecular formula is C12H16FN3O2. The zero-order chi connectivity index (χ0) is 13.7. The Morgan fingerprint density at radius 3 is 2.67 bits per heavy atom. The fourth-order valence-electron chi connectivity index (χ4n) is 1.45. The molecule has 18 heavy (non-hydrogen) atoms. The number of hydrogen-bond acceptors (Lipinski definition) is 3. The van der Waals surface area contributed by atoms with Crippen LogP contribution in [0.1, 0.15) is 17.3 Å². The maximum atomic E-state index is 13.5. The van der Waals surface area contributed by atoms with E-state index in [4.69, 9.17) is 5.73 Å². The predicted octanol–water partition coefficient (Wildman–Crippen LogP) is 0.616. The van der Waals surface area contributed by atoms with Crippen LogP contribution in [-0.2, 0) is 4.79 Å². The summed E-state index contributed by atoms with van der Waals surface area (Å²) in [5, 5.41) is 2.56. The summed E-state index contributed by atoms with van der Waals surface area (Å²) in [7, 11) is 1.44. The number of benzene rings is 1. The predicted molar refractivity (Wildman–Crippen MR) is 66.5 cm³/mol. The van der Waals surface area contributed by atoms with E-state index in [-0.39, 0.29) is 23.7 Å². The minimum atomic E-state index is -0.692. The number of rotatable bonds is 4. The van der Waals surface area contributed by atoms with Gasteiger partial charge < -0.3 is 16.0 Å². The van der Waals surface area contributed by atoms with Crippen molar-refractivity contribution in [1.29, 1.82) is 0 Å². The largest absolute Gasteiger partial charge is 0.399 e. The number of likely N-dealkylation sites (N-methyl/N-ethyl adjacent to an activating group) is 2. The van der Waals surface area contributed by atoms with Gasteiger partial charge >= 0.3 is 0 Å². The van der Waals surface area contributed by atoms with Crippen molar-refractivity contribution in [2.75, 3.05) is 25.9 Å². The molecule has 0 aliphatic heterocycles. The summed E-state index contributed by atoms with van der Waals surface area (Å²) in [4.78, 5) is 24.3. The molecule has 0 radical (unpaired) electrons. The number of hydrogen-bond donors (Lipinski definition) is 2. The maximum absolute atomic E-state index is 13.5. The van der Waals surface area contributed by atoms with Crippen LogP contribution in [-0.4, -0.2) is 36.9 Å². The van der Waals surface area contributed by atoms with Crippen molar-refractivity contribution in [2.24, 2.45) is 0 Å². The third kappa shape index (κ3) is 3.44. The summed E-state index contributed by atoms with van der Waals surface area (Å²) < 4.78 is 13.5. The smallest absolute Gasteiger partial charge is 0.257 e. The van der Waals surface area contributed by atoms with Crippen LogP contribution in [0.15, 0.2) is 18.2 Å². The third-order valence-electron chi connectivity index (χ3n) is 2.32. The van der Waals surface area contributed by atoms with E-state index in [2.05, 4.69) is 5.32 Å². The Labute approximate surface area is 105 Å². The van der Waals surface area contributed by atoms with Crippen LogP contribution < -0.4 is 11.1 Å². The summed E-state index contributed by atoms with van der Waals surface area (Å²) in [5.74, 6) is -1.54. The van der Waals surface area contributed by atoms with Crippen molar-refractivity contribution in [3.63, 3.8) is 0 Å². The standard InChI is InChI=1S/C12H16FN3O2/c1-3-15-11(17)7-16(2)12(18)9-5-4-8(14)6-10(9)13/h4-6H,3,7,14H2,1-2H3,(H,15,17). The first-order chi connectivity index (χ1) is 8.45. The molecule has 6 heteroatoms. The van der Waals surface area contributed by atoms with E-state index in [1.807, 2.05) is 0 Å². The molecule has 1 rings (SSSR count). The van der Waals surface area contributed by atoms with Gasteiger partial charge in [-0.15, -0.1) is 0 Å². The van der Waals surface area contributed by atoms with Gasteiger partial charge in [0.05, 0.1) is 12.1 Å². The van der Waals surface area contributed by atoms with E-state index in [9.17, 15) is 14.0 Å². The van der Waals surface area contributed by atoms with Crippen molar-refractivity contribution < 1.29 is 14.0 Å². The Kier molecular flexibility index (Phi) is 4.65. The van der Waals surface area contributed by atoms with Crippen molar-refractivity contribution >= 4 is 17.5 Å². The summed E-state index contributed by atoms with van der Waals surface area (Å²) in [5.41, 5.74) is 5.54. The van der Waals surface area contributed by atoms with E-state index in [1.54, 1.807) is 6.92 Å². The van der Waals surface area contributed by atoms with Crippen LogP contribution in [0.4, 0.5) is 10.1 Å². The summed E-state index contributed by atoms with van der Waals surface area (Å²) in [6.07, 6.45) is 0. The average molecular weight is 253 g/mol. The highest BCUT2D eigenvalue weighted by atomic mass is 19.1. The van der Waals surface area contributed by atoms with Gasteiger partial charge in [-0.25, -0.2) is 4.39 Å². The van der Waals surface area contributed by atoms with Gasteiger partial charge in [-0.3, -0.25) is 9.59 Å². The molecule has 0 spiro atoms. The molecule has 5 nitrogen and oxygen atoms in total. The molecule has 0 bridgehead atoms. The van der Waals surface area contributed by atoms with E-state index in [1.165, 1.54) is 19.2 Å². The Hall–Kier alpha value is -2.11. The van der Waals surface area contributed by atoms with E-state index < -0.39 is 11.7 Å². The van der Waals surface area contributed by atoms with Gasteiger partial charge in [-0.2, -0.15) is 0 Å². The Morgan fingerprint density at radius 1 is 1.44 bits per heavy atom. The molecule has 0 unspecified atom stereocenters. The molecule has 0 heterocycles. The minimum absolute atomic E-state index is 0.101. The molecule has 0 aromatic heterocycles. The first-order valence-electron chi connectivity index (χ1n) is 5.53. The number of amides is 2. The highest BCUT2D eigenvalue weighted by Gasteiger charge is 2.18. The normalized spacial score (nSPS) is 9.94. The monoisotopic (exact) mass is 253 g/mol. The van der Waals surface area contributed by atoms with Gasteiger partial charge in [0.15, 0.2) is 0 Å². The van der Waals surface area contributed by atoms with Gasteiger partial charge in [0, 0.05) is 19.3 Å². The molecule has 0 saturated heterocycles. The van der Waals surface area contributed by atoms with Crippen LogP contribution in [0.2, 0.25) is 0 Å². The molecular weight excluding hydrogens is 237 g/mol. The van der Waals surface area contributed by atoms with Crippen LogP contribution in [0, 0.1) is 5.82 Å². The highest BCUT2D eigenvalue weighted by Crippen LogP contribution is 2.13. The molecule has 98 valence electrons. The van der Waals surface area contributed by atoms with Crippen LogP contribution >= 0.6 is 0 Å². The topological polar surface area (TPSA) is 75.4 Å². The minimum Gasteiger partial charge on any atom is -0.399 e. The molecule has 0 aliphatic rings. The summed E-state index contributed by atoms with van der Waals surface area (Å²) in [6.45, 7) is 2.15. The molecule has 1 aromatic rings.